The molecule has 4 fully saturated rings. The van der Waals surface area contributed by atoms with Crippen LogP contribution in [0.3, 0.4) is 0 Å². The minimum Gasteiger partial charge on any atom is -0.490 e. The molecule has 1 aromatic carbocycles. The van der Waals surface area contributed by atoms with E-state index >= 15 is 0 Å². The van der Waals surface area contributed by atoms with Crippen LogP contribution in [0.15, 0.2) is 18.2 Å². The highest BCUT2D eigenvalue weighted by Gasteiger charge is 2.62. The number of rotatable bonds is 7. The van der Waals surface area contributed by atoms with Crippen molar-refractivity contribution in [1.82, 2.24) is 0 Å². The zero-order valence-electron chi connectivity index (χ0n) is 23.9. The molecule has 3 nitrogen and oxygen atoms in total. The minimum absolute atomic E-state index is 0.267. The van der Waals surface area contributed by atoms with Crippen molar-refractivity contribution in [3.05, 3.63) is 18.2 Å². The molecule has 0 bridgehead atoms. The van der Waals surface area contributed by atoms with Crippen LogP contribution in [0.25, 0.3) is 0 Å². The summed E-state index contributed by atoms with van der Waals surface area (Å²) in [6.07, 6.45) is 17.0. The van der Waals surface area contributed by atoms with Crippen LogP contribution in [0.1, 0.15) is 112 Å². The van der Waals surface area contributed by atoms with Crippen molar-refractivity contribution in [2.24, 2.45) is 52.3 Å². The van der Waals surface area contributed by atoms with Gasteiger partial charge in [0.05, 0.1) is 0 Å². The summed E-state index contributed by atoms with van der Waals surface area (Å²) in [5.74, 6) is 6.91. The fraction of sp³-hybridized carbons (Fsp3) is 0.818. The summed E-state index contributed by atoms with van der Waals surface area (Å²) < 4.78 is 6.84. The van der Waals surface area contributed by atoms with Gasteiger partial charge in [0, 0.05) is 28.9 Å². The number of ether oxygens (including phenoxy) is 1. The Morgan fingerprint density at radius 3 is 2.33 bits per heavy atom. The molecule has 0 amide bonds. The highest BCUT2D eigenvalue weighted by molar-refractivity contribution is 5.56. The number of anilines is 2. The molecule has 36 heavy (non-hydrogen) atoms. The standard InChI is InChI=1S/C33H54N2O/c1-21(2)8-6-9-22(3)28-14-15-29-27-13-12-23-10-7-11-31(36-26-19-24(34)18-25(35)20-26)33(23,5)30(27)16-17-32(28,29)4/h18-23,27-31H,6-17,34-35H2,1-5H3/t22-,23?,27+,28-,29+,30+,31?,32-,33+/m1/s1. The molecule has 9 atom stereocenters. The van der Waals surface area contributed by atoms with Crippen LogP contribution in [0.2, 0.25) is 0 Å². The molecule has 4 saturated carbocycles. The summed E-state index contributed by atoms with van der Waals surface area (Å²) in [6, 6.07) is 5.78. The van der Waals surface area contributed by atoms with Gasteiger partial charge in [-0.25, -0.2) is 0 Å². The van der Waals surface area contributed by atoms with Gasteiger partial charge in [-0.1, -0.05) is 53.9 Å². The topological polar surface area (TPSA) is 61.3 Å². The molecule has 1 aromatic rings. The third-order valence-corrected chi connectivity index (χ3v) is 12.1. The van der Waals surface area contributed by atoms with Crippen molar-refractivity contribution in [2.75, 3.05) is 11.5 Å². The van der Waals surface area contributed by atoms with Crippen LogP contribution >= 0.6 is 0 Å². The molecular formula is C33H54N2O. The first-order chi connectivity index (χ1) is 17.1. The van der Waals surface area contributed by atoms with Gasteiger partial charge in [0.25, 0.3) is 0 Å². The highest BCUT2D eigenvalue weighted by Crippen LogP contribution is 2.68. The molecule has 2 unspecified atom stereocenters. The molecule has 0 radical (unpaired) electrons. The number of nitrogens with two attached hydrogens (primary N) is 2. The Labute approximate surface area is 221 Å². The summed E-state index contributed by atoms with van der Waals surface area (Å²) in [4.78, 5) is 0. The molecule has 0 aliphatic heterocycles. The fourth-order valence-corrected chi connectivity index (χ4v) is 10.4. The molecule has 4 aliphatic carbocycles. The monoisotopic (exact) mass is 494 g/mol. The average Bonchev–Trinajstić information content (AvgIpc) is 3.16. The maximum absolute atomic E-state index is 6.84. The third-order valence-electron chi connectivity index (χ3n) is 12.1. The van der Waals surface area contributed by atoms with Crippen molar-refractivity contribution in [3.8, 4) is 5.75 Å². The second-order valence-corrected chi connectivity index (χ2v) is 14.4. The van der Waals surface area contributed by atoms with Crippen LogP contribution in [0.5, 0.6) is 5.75 Å². The molecule has 5 rings (SSSR count). The Bertz CT molecular complexity index is 893. The van der Waals surface area contributed by atoms with E-state index in [-0.39, 0.29) is 11.5 Å². The van der Waals surface area contributed by atoms with Gasteiger partial charge in [0.1, 0.15) is 11.9 Å². The van der Waals surface area contributed by atoms with Crippen LogP contribution in [0.4, 0.5) is 11.4 Å². The summed E-state index contributed by atoms with van der Waals surface area (Å²) in [5, 5.41) is 0. The Kier molecular flexibility index (Phi) is 7.33. The molecule has 0 heterocycles. The lowest BCUT2D eigenvalue weighted by molar-refractivity contribution is -0.157. The second-order valence-electron chi connectivity index (χ2n) is 14.4. The second kappa shape index (κ2) is 10.1. The van der Waals surface area contributed by atoms with Crippen molar-refractivity contribution in [1.29, 1.82) is 0 Å². The van der Waals surface area contributed by atoms with E-state index in [1.165, 1.54) is 77.0 Å². The normalized spacial score (nSPS) is 40.8. The lowest BCUT2D eigenvalue weighted by atomic mass is 9.44. The number of nitrogen functional groups attached to an aromatic ring is 2. The molecule has 202 valence electrons. The molecule has 4 N–H and O–H groups in total. The van der Waals surface area contributed by atoms with E-state index in [1.54, 1.807) is 0 Å². The van der Waals surface area contributed by atoms with Crippen LogP contribution in [-0.2, 0) is 0 Å². The first-order valence-electron chi connectivity index (χ1n) is 15.5. The largest absolute Gasteiger partial charge is 0.490 e. The number of benzene rings is 1. The highest BCUT2D eigenvalue weighted by atomic mass is 16.5. The lowest BCUT2D eigenvalue weighted by Crippen LogP contribution is -2.59. The van der Waals surface area contributed by atoms with Crippen LogP contribution < -0.4 is 16.2 Å². The fourth-order valence-electron chi connectivity index (χ4n) is 10.4. The summed E-state index contributed by atoms with van der Waals surface area (Å²) in [5.41, 5.74) is 14.5. The summed E-state index contributed by atoms with van der Waals surface area (Å²) >= 11 is 0. The Morgan fingerprint density at radius 2 is 1.61 bits per heavy atom. The Balaban J connectivity index is 1.35. The van der Waals surface area contributed by atoms with Gasteiger partial charge >= 0.3 is 0 Å². The lowest BCUT2D eigenvalue weighted by Gasteiger charge is -2.62. The molecular weight excluding hydrogens is 440 g/mol. The van der Waals surface area contributed by atoms with E-state index in [9.17, 15) is 0 Å². The third kappa shape index (κ3) is 4.55. The van der Waals surface area contributed by atoms with Crippen molar-refractivity contribution in [3.63, 3.8) is 0 Å². The van der Waals surface area contributed by atoms with Crippen LogP contribution in [0, 0.1) is 52.3 Å². The number of fused-ring (bicyclic) bond motifs is 5. The quantitative estimate of drug-likeness (QED) is 0.372. The van der Waals surface area contributed by atoms with E-state index < -0.39 is 0 Å². The molecule has 0 aromatic heterocycles. The van der Waals surface area contributed by atoms with Gasteiger partial charge in [-0.2, -0.15) is 0 Å². The van der Waals surface area contributed by atoms with E-state index in [4.69, 9.17) is 16.2 Å². The Hall–Kier alpha value is -1.38. The zero-order chi connectivity index (χ0) is 25.7. The van der Waals surface area contributed by atoms with Crippen LogP contribution in [-0.4, -0.2) is 6.10 Å². The van der Waals surface area contributed by atoms with Gasteiger partial charge in [-0.3, -0.25) is 0 Å². The first kappa shape index (κ1) is 26.2. The molecule has 0 saturated heterocycles. The SMILES string of the molecule is CC(C)CCC[C@@H](C)[C@H]1CC[C@H]2[C@@H]3CCC4CCCC(Oc5cc(N)cc(N)c5)[C@]4(C)[C@H]3CC[C@]12C. The van der Waals surface area contributed by atoms with Crippen molar-refractivity contribution >= 4 is 11.4 Å². The van der Waals surface area contributed by atoms with Gasteiger partial charge in [-0.05, 0) is 111 Å². The maximum Gasteiger partial charge on any atom is 0.123 e. The zero-order valence-corrected chi connectivity index (χ0v) is 23.9. The van der Waals surface area contributed by atoms with E-state index in [2.05, 4.69) is 34.6 Å². The van der Waals surface area contributed by atoms with Gasteiger partial charge in [-0.15, -0.1) is 0 Å². The van der Waals surface area contributed by atoms with Crippen molar-refractivity contribution < 1.29 is 4.74 Å². The van der Waals surface area contributed by atoms with Gasteiger partial charge < -0.3 is 16.2 Å². The molecule has 0 spiro atoms. The first-order valence-corrected chi connectivity index (χ1v) is 15.5. The predicted molar refractivity (Wildman–Crippen MR) is 153 cm³/mol. The van der Waals surface area contributed by atoms with E-state index in [0.717, 1.165) is 47.2 Å². The van der Waals surface area contributed by atoms with Crippen molar-refractivity contribution in [2.45, 2.75) is 118 Å². The minimum atomic E-state index is 0.267. The maximum atomic E-state index is 6.84. The van der Waals surface area contributed by atoms with E-state index in [1.807, 2.05) is 18.2 Å². The Morgan fingerprint density at radius 1 is 0.861 bits per heavy atom. The number of hydrogen-bond donors (Lipinski definition) is 2. The summed E-state index contributed by atoms with van der Waals surface area (Å²) in [7, 11) is 0. The molecule has 3 heteroatoms. The summed E-state index contributed by atoms with van der Waals surface area (Å²) in [6.45, 7) is 12.7. The van der Waals surface area contributed by atoms with Gasteiger partial charge in [0.15, 0.2) is 0 Å². The smallest absolute Gasteiger partial charge is 0.123 e. The van der Waals surface area contributed by atoms with E-state index in [0.29, 0.717) is 16.8 Å². The average molecular weight is 495 g/mol. The molecule has 4 aliphatic rings. The number of hydrogen-bond acceptors (Lipinski definition) is 3. The predicted octanol–water partition coefficient (Wildman–Crippen LogP) is 8.72. The van der Waals surface area contributed by atoms with Gasteiger partial charge in [0.2, 0.25) is 0 Å².